The Hall–Kier alpha value is -1.44. The molecule has 1 heterocycles. The predicted molar refractivity (Wildman–Crippen MR) is 61.2 cm³/mol. The number of anilines is 1. The molecule has 8 heteroatoms. The van der Waals surface area contributed by atoms with E-state index in [2.05, 4.69) is 14.7 Å². The number of alkyl halides is 4. The highest BCUT2D eigenvalue weighted by molar-refractivity contribution is 5.41. The molecule has 1 aromatic rings. The standard InChI is InChI=1S/C11H15F4N3O/c1-3-7-6(2)17-8(18-9(7)16)4-19-5-11(14,15)10(12)13/h10H,3-5H2,1-2H3,(H2,16,17,18). The van der Waals surface area contributed by atoms with Crippen LogP contribution in [0, 0.1) is 6.92 Å². The Morgan fingerprint density at radius 1 is 1.32 bits per heavy atom. The lowest BCUT2D eigenvalue weighted by atomic mass is 10.2. The van der Waals surface area contributed by atoms with Crippen LogP contribution >= 0.6 is 0 Å². The zero-order valence-electron chi connectivity index (χ0n) is 10.6. The molecule has 19 heavy (non-hydrogen) atoms. The van der Waals surface area contributed by atoms with Gasteiger partial charge in [-0.2, -0.15) is 8.78 Å². The van der Waals surface area contributed by atoms with Gasteiger partial charge in [-0.15, -0.1) is 0 Å². The summed E-state index contributed by atoms with van der Waals surface area (Å²) in [6, 6.07) is 0. The molecular formula is C11H15F4N3O. The molecule has 0 aromatic carbocycles. The number of aromatic nitrogens is 2. The van der Waals surface area contributed by atoms with Gasteiger partial charge in [0.1, 0.15) is 19.0 Å². The van der Waals surface area contributed by atoms with Gasteiger partial charge in [0.2, 0.25) is 0 Å². The van der Waals surface area contributed by atoms with Crippen LogP contribution in [0.15, 0.2) is 0 Å². The van der Waals surface area contributed by atoms with E-state index in [1.807, 2.05) is 6.92 Å². The second-order valence-electron chi connectivity index (χ2n) is 4.00. The molecule has 0 amide bonds. The van der Waals surface area contributed by atoms with Crippen molar-refractivity contribution in [1.82, 2.24) is 9.97 Å². The SMILES string of the molecule is CCc1c(C)nc(COCC(F)(F)C(F)F)nc1N. The number of hydrogen-bond acceptors (Lipinski definition) is 4. The van der Waals surface area contributed by atoms with Crippen LogP contribution in [-0.2, 0) is 17.8 Å². The van der Waals surface area contributed by atoms with Crippen LogP contribution in [-0.4, -0.2) is 28.9 Å². The van der Waals surface area contributed by atoms with Gasteiger partial charge in [-0.05, 0) is 13.3 Å². The zero-order chi connectivity index (χ0) is 14.6. The molecular weight excluding hydrogens is 266 g/mol. The van der Waals surface area contributed by atoms with Gasteiger partial charge >= 0.3 is 12.3 Å². The summed E-state index contributed by atoms with van der Waals surface area (Å²) in [6.45, 7) is 1.80. The Morgan fingerprint density at radius 2 is 1.95 bits per heavy atom. The van der Waals surface area contributed by atoms with Crippen LogP contribution in [0.25, 0.3) is 0 Å². The molecule has 0 aliphatic carbocycles. The second-order valence-corrected chi connectivity index (χ2v) is 4.00. The van der Waals surface area contributed by atoms with Gasteiger partial charge in [0.15, 0.2) is 5.82 Å². The van der Waals surface area contributed by atoms with Crippen molar-refractivity contribution in [3.63, 3.8) is 0 Å². The van der Waals surface area contributed by atoms with Gasteiger partial charge in [-0.1, -0.05) is 6.92 Å². The quantitative estimate of drug-likeness (QED) is 0.813. The summed E-state index contributed by atoms with van der Waals surface area (Å²) in [5, 5.41) is 0. The molecule has 2 N–H and O–H groups in total. The third-order valence-electron chi connectivity index (χ3n) is 2.49. The third-order valence-corrected chi connectivity index (χ3v) is 2.49. The molecule has 108 valence electrons. The highest BCUT2D eigenvalue weighted by atomic mass is 19.3. The largest absolute Gasteiger partial charge is 0.383 e. The first-order valence-corrected chi connectivity index (χ1v) is 5.63. The Morgan fingerprint density at radius 3 is 2.42 bits per heavy atom. The van der Waals surface area contributed by atoms with Crippen molar-refractivity contribution < 1.29 is 22.3 Å². The van der Waals surface area contributed by atoms with Crippen molar-refractivity contribution in [2.75, 3.05) is 12.3 Å². The number of hydrogen-bond donors (Lipinski definition) is 1. The molecule has 0 unspecified atom stereocenters. The van der Waals surface area contributed by atoms with Crippen molar-refractivity contribution in [1.29, 1.82) is 0 Å². The minimum absolute atomic E-state index is 0.0947. The minimum atomic E-state index is -4.18. The molecule has 0 radical (unpaired) electrons. The van der Waals surface area contributed by atoms with E-state index in [1.165, 1.54) is 0 Å². The van der Waals surface area contributed by atoms with Crippen LogP contribution in [0.4, 0.5) is 23.4 Å². The average Bonchev–Trinajstić information content (AvgIpc) is 2.28. The maximum Gasteiger partial charge on any atom is 0.330 e. The van der Waals surface area contributed by atoms with Crippen LogP contribution < -0.4 is 5.73 Å². The summed E-state index contributed by atoms with van der Waals surface area (Å²) in [5.74, 6) is -3.84. The number of aryl methyl sites for hydroxylation is 1. The maximum absolute atomic E-state index is 12.6. The minimum Gasteiger partial charge on any atom is -0.383 e. The molecule has 0 saturated carbocycles. The van der Waals surface area contributed by atoms with E-state index in [0.717, 1.165) is 5.56 Å². The van der Waals surface area contributed by atoms with Crippen LogP contribution in [0.2, 0.25) is 0 Å². The van der Waals surface area contributed by atoms with Gasteiger partial charge in [0.25, 0.3) is 0 Å². The van der Waals surface area contributed by atoms with E-state index in [9.17, 15) is 17.6 Å². The molecule has 0 spiro atoms. The van der Waals surface area contributed by atoms with Crippen molar-refractivity contribution in [3.8, 4) is 0 Å². The lowest BCUT2D eigenvalue weighted by Crippen LogP contribution is -2.32. The van der Waals surface area contributed by atoms with Gasteiger partial charge in [-0.25, -0.2) is 18.7 Å². The molecule has 4 nitrogen and oxygen atoms in total. The molecule has 0 aliphatic heterocycles. The highest BCUT2D eigenvalue weighted by Crippen LogP contribution is 2.23. The number of nitrogen functional groups attached to an aromatic ring is 1. The number of halogens is 4. The fourth-order valence-electron chi connectivity index (χ4n) is 1.52. The van der Waals surface area contributed by atoms with Crippen LogP contribution in [0.5, 0.6) is 0 Å². The Balaban J connectivity index is 2.65. The molecule has 0 saturated heterocycles. The Labute approximate surface area is 108 Å². The summed E-state index contributed by atoms with van der Waals surface area (Å²) in [5.41, 5.74) is 7.05. The summed E-state index contributed by atoms with van der Waals surface area (Å²) < 4.78 is 53.5. The second kappa shape index (κ2) is 6.14. The first-order valence-electron chi connectivity index (χ1n) is 5.63. The summed E-state index contributed by atoms with van der Waals surface area (Å²) in [6.07, 6.45) is -3.12. The number of rotatable bonds is 6. The maximum atomic E-state index is 12.6. The van der Waals surface area contributed by atoms with Crippen molar-refractivity contribution >= 4 is 5.82 Å². The molecule has 1 rings (SSSR count). The zero-order valence-corrected chi connectivity index (χ0v) is 10.6. The predicted octanol–water partition coefficient (Wildman–Crippen LogP) is 2.35. The van der Waals surface area contributed by atoms with Crippen molar-refractivity contribution in [2.45, 2.75) is 39.2 Å². The number of nitrogens with two attached hydrogens (primary N) is 1. The third kappa shape index (κ3) is 4.02. The molecule has 0 aliphatic rings. The highest BCUT2D eigenvalue weighted by Gasteiger charge is 2.41. The average molecular weight is 281 g/mol. The topological polar surface area (TPSA) is 61.0 Å². The van der Waals surface area contributed by atoms with Gasteiger partial charge in [0.05, 0.1) is 0 Å². The molecule has 0 fully saturated rings. The lowest BCUT2D eigenvalue weighted by molar-refractivity contribution is -0.168. The van der Waals surface area contributed by atoms with Crippen LogP contribution in [0.3, 0.4) is 0 Å². The van der Waals surface area contributed by atoms with E-state index in [-0.39, 0.29) is 11.6 Å². The van der Waals surface area contributed by atoms with Gasteiger partial charge in [-0.3, -0.25) is 0 Å². The summed E-state index contributed by atoms with van der Waals surface area (Å²) >= 11 is 0. The molecule has 0 atom stereocenters. The van der Waals surface area contributed by atoms with Crippen molar-refractivity contribution in [2.24, 2.45) is 0 Å². The van der Waals surface area contributed by atoms with E-state index < -0.39 is 25.6 Å². The fourth-order valence-corrected chi connectivity index (χ4v) is 1.52. The Bertz CT molecular complexity index is 417. The fraction of sp³-hybridized carbons (Fsp3) is 0.636. The molecule has 0 bridgehead atoms. The van der Waals surface area contributed by atoms with Gasteiger partial charge in [0, 0.05) is 11.3 Å². The van der Waals surface area contributed by atoms with E-state index in [4.69, 9.17) is 5.73 Å². The van der Waals surface area contributed by atoms with E-state index in [1.54, 1.807) is 6.92 Å². The van der Waals surface area contributed by atoms with E-state index >= 15 is 0 Å². The van der Waals surface area contributed by atoms with Crippen LogP contribution in [0.1, 0.15) is 24.0 Å². The first kappa shape index (κ1) is 15.6. The van der Waals surface area contributed by atoms with E-state index in [0.29, 0.717) is 12.1 Å². The molecule has 1 aromatic heterocycles. The van der Waals surface area contributed by atoms with Gasteiger partial charge < -0.3 is 10.5 Å². The summed E-state index contributed by atoms with van der Waals surface area (Å²) in [4.78, 5) is 7.90. The van der Waals surface area contributed by atoms with Crippen molar-refractivity contribution in [3.05, 3.63) is 17.1 Å². The Kier molecular flexibility index (Phi) is 5.04. The first-order chi connectivity index (χ1) is 8.77. The number of ether oxygens (including phenoxy) is 1. The normalized spacial score (nSPS) is 12.2. The number of nitrogens with zero attached hydrogens (tertiary/aromatic N) is 2. The lowest BCUT2D eigenvalue weighted by Gasteiger charge is -2.15. The summed E-state index contributed by atoms with van der Waals surface area (Å²) in [7, 11) is 0. The monoisotopic (exact) mass is 281 g/mol. The smallest absolute Gasteiger partial charge is 0.330 e.